The SMILES string of the molecule is CCOc1cccc(OCCNC)c1[N+](=O)[O-]. The van der Waals surface area contributed by atoms with Gasteiger partial charge in [0.1, 0.15) is 6.61 Å². The largest absolute Gasteiger partial charge is 0.487 e. The summed E-state index contributed by atoms with van der Waals surface area (Å²) in [6.45, 7) is 3.14. The summed E-state index contributed by atoms with van der Waals surface area (Å²) >= 11 is 0. The number of nitrogens with one attached hydrogen (secondary N) is 1. The molecule has 1 rings (SSSR count). The number of ether oxygens (including phenoxy) is 2. The summed E-state index contributed by atoms with van der Waals surface area (Å²) in [5.74, 6) is 0.468. The molecule has 0 unspecified atom stereocenters. The lowest BCUT2D eigenvalue weighted by Gasteiger charge is -2.09. The van der Waals surface area contributed by atoms with Crippen molar-refractivity contribution in [3.05, 3.63) is 28.3 Å². The molecule has 0 atom stereocenters. The minimum absolute atomic E-state index is 0.120. The fourth-order valence-electron chi connectivity index (χ4n) is 1.33. The molecule has 0 fully saturated rings. The Kier molecular flexibility index (Phi) is 5.22. The van der Waals surface area contributed by atoms with Gasteiger partial charge in [0.05, 0.1) is 11.5 Å². The van der Waals surface area contributed by atoms with Gasteiger partial charge in [0, 0.05) is 6.54 Å². The first-order valence-electron chi connectivity index (χ1n) is 5.38. The van der Waals surface area contributed by atoms with Crippen LogP contribution in [-0.4, -0.2) is 31.7 Å². The summed E-state index contributed by atoms with van der Waals surface area (Å²) < 4.78 is 10.5. The monoisotopic (exact) mass is 240 g/mol. The molecule has 1 aromatic rings. The Morgan fingerprint density at radius 3 is 2.53 bits per heavy atom. The summed E-state index contributed by atoms with van der Waals surface area (Å²) in [6, 6.07) is 4.80. The van der Waals surface area contributed by atoms with Gasteiger partial charge in [-0.15, -0.1) is 0 Å². The molecular formula is C11H16N2O4. The van der Waals surface area contributed by atoms with Crippen LogP contribution in [0, 0.1) is 10.1 Å². The highest BCUT2D eigenvalue weighted by atomic mass is 16.6. The molecule has 0 saturated heterocycles. The molecule has 0 saturated carbocycles. The molecule has 0 radical (unpaired) electrons. The molecule has 0 aliphatic carbocycles. The van der Waals surface area contributed by atoms with Crippen molar-refractivity contribution < 1.29 is 14.4 Å². The molecule has 1 N–H and O–H groups in total. The normalized spacial score (nSPS) is 10.0. The number of nitro groups is 1. The van der Waals surface area contributed by atoms with Gasteiger partial charge in [0.25, 0.3) is 0 Å². The molecule has 0 aromatic heterocycles. The van der Waals surface area contributed by atoms with E-state index in [2.05, 4.69) is 5.32 Å². The van der Waals surface area contributed by atoms with Crippen LogP contribution < -0.4 is 14.8 Å². The number of likely N-dealkylation sites (N-methyl/N-ethyl adjacent to an activating group) is 1. The Labute approximate surface area is 99.7 Å². The molecule has 6 heteroatoms. The van der Waals surface area contributed by atoms with Crippen molar-refractivity contribution in [2.45, 2.75) is 6.92 Å². The lowest BCUT2D eigenvalue weighted by Crippen LogP contribution is -2.16. The second-order valence-corrected chi connectivity index (χ2v) is 3.25. The summed E-state index contributed by atoms with van der Waals surface area (Å²) in [4.78, 5) is 10.5. The van der Waals surface area contributed by atoms with Crippen molar-refractivity contribution >= 4 is 5.69 Å². The Morgan fingerprint density at radius 1 is 1.35 bits per heavy atom. The Hall–Kier alpha value is -1.82. The Balaban J connectivity index is 2.94. The third-order valence-corrected chi connectivity index (χ3v) is 2.05. The van der Waals surface area contributed by atoms with Crippen LogP contribution in [0.2, 0.25) is 0 Å². The van der Waals surface area contributed by atoms with Gasteiger partial charge in [-0.2, -0.15) is 0 Å². The fraction of sp³-hybridized carbons (Fsp3) is 0.455. The molecule has 0 aliphatic heterocycles. The molecule has 6 nitrogen and oxygen atoms in total. The van der Waals surface area contributed by atoms with E-state index in [-0.39, 0.29) is 17.2 Å². The van der Waals surface area contributed by atoms with Gasteiger partial charge < -0.3 is 14.8 Å². The lowest BCUT2D eigenvalue weighted by molar-refractivity contribution is -0.386. The van der Waals surface area contributed by atoms with Crippen molar-refractivity contribution in [3.63, 3.8) is 0 Å². The van der Waals surface area contributed by atoms with Gasteiger partial charge in [-0.3, -0.25) is 10.1 Å². The first-order valence-corrected chi connectivity index (χ1v) is 5.38. The first kappa shape index (κ1) is 13.2. The van der Waals surface area contributed by atoms with Crippen molar-refractivity contribution in [2.24, 2.45) is 0 Å². The van der Waals surface area contributed by atoms with Crippen LogP contribution in [-0.2, 0) is 0 Å². The van der Waals surface area contributed by atoms with Crippen LogP contribution in [0.15, 0.2) is 18.2 Å². The van der Waals surface area contributed by atoms with Crippen LogP contribution in [0.25, 0.3) is 0 Å². The van der Waals surface area contributed by atoms with Crippen molar-refractivity contribution in [1.29, 1.82) is 0 Å². The van der Waals surface area contributed by atoms with E-state index >= 15 is 0 Å². The summed E-state index contributed by atoms with van der Waals surface area (Å²) in [5, 5.41) is 13.9. The second kappa shape index (κ2) is 6.70. The van der Waals surface area contributed by atoms with Crippen molar-refractivity contribution in [2.75, 3.05) is 26.8 Å². The number of hydrogen-bond donors (Lipinski definition) is 1. The third kappa shape index (κ3) is 3.60. The van der Waals surface area contributed by atoms with E-state index < -0.39 is 4.92 Å². The molecular weight excluding hydrogens is 224 g/mol. The van der Waals surface area contributed by atoms with E-state index in [1.165, 1.54) is 0 Å². The second-order valence-electron chi connectivity index (χ2n) is 3.25. The van der Waals surface area contributed by atoms with Crippen LogP contribution in [0.1, 0.15) is 6.92 Å². The molecule has 94 valence electrons. The average Bonchev–Trinajstić information content (AvgIpc) is 2.29. The van der Waals surface area contributed by atoms with Crippen LogP contribution >= 0.6 is 0 Å². The summed E-state index contributed by atoms with van der Waals surface area (Å²) in [6.07, 6.45) is 0. The first-order chi connectivity index (χ1) is 8.20. The topological polar surface area (TPSA) is 73.6 Å². The molecule has 0 amide bonds. The molecule has 17 heavy (non-hydrogen) atoms. The zero-order valence-corrected chi connectivity index (χ0v) is 9.93. The fourth-order valence-corrected chi connectivity index (χ4v) is 1.33. The molecule has 0 aliphatic rings. The zero-order valence-electron chi connectivity index (χ0n) is 9.93. The van der Waals surface area contributed by atoms with Gasteiger partial charge in [-0.05, 0) is 26.1 Å². The average molecular weight is 240 g/mol. The van der Waals surface area contributed by atoms with E-state index in [9.17, 15) is 10.1 Å². The minimum Gasteiger partial charge on any atom is -0.487 e. The maximum Gasteiger partial charge on any atom is 0.352 e. The number of para-hydroxylation sites is 1. The Bertz CT molecular complexity index is 382. The van der Waals surface area contributed by atoms with Gasteiger partial charge in [-0.25, -0.2) is 0 Å². The smallest absolute Gasteiger partial charge is 0.352 e. The zero-order chi connectivity index (χ0) is 12.7. The van der Waals surface area contributed by atoms with Gasteiger partial charge in [0.15, 0.2) is 0 Å². The van der Waals surface area contributed by atoms with E-state index in [1.54, 1.807) is 32.2 Å². The number of rotatable bonds is 7. The lowest BCUT2D eigenvalue weighted by atomic mass is 10.2. The third-order valence-electron chi connectivity index (χ3n) is 2.05. The number of nitro benzene ring substituents is 1. The van der Waals surface area contributed by atoms with E-state index in [0.29, 0.717) is 19.8 Å². The molecule has 0 spiro atoms. The van der Waals surface area contributed by atoms with Gasteiger partial charge >= 0.3 is 5.69 Å². The van der Waals surface area contributed by atoms with Gasteiger partial charge in [-0.1, -0.05) is 6.07 Å². The van der Waals surface area contributed by atoms with Crippen molar-refractivity contribution in [3.8, 4) is 11.5 Å². The maximum atomic E-state index is 11.0. The number of nitrogens with zero attached hydrogens (tertiary/aromatic N) is 1. The molecule has 1 aromatic carbocycles. The molecule has 0 heterocycles. The van der Waals surface area contributed by atoms with Crippen molar-refractivity contribution in [1.82, 2.24) is 5.32 Å². The predicted molar refractivity (Wildman–Crippen MR) is 63.7 cm³/mol. The number of benzene rings is 1. The van der Waals surface area contributed by atoms with Gasteiger partial charge in [0.2, 0.25) is 11.5 Å². The molecule has 0 bridgehead atoms. The van der Waals surface area contributed by atoms with E-state index in [0.717, 1.165) is 0 Å². The number of hydrogen-bond acceptors (Lipinski definition) is 5. The maximum absolute atomic E-state index is 11.0. The van der Waals surface area contributed by atoms with Crippen LogP contribution in [0.4, 0.5) is 5.69 Å². The quantitative estimate of drug-likeness (QED) is 0.445. The Morgan fingerprint density at radius 2 is 2.00 bits per heavy atom. The van der Waals surface area contributed by atoms with Crippen LogP contribution in [0.3, 0.4) is 0 Å². The summed E-state index contributed by atoms with van der Waals surface area (Å²) in [5.41, 5.74) is -0.120. The van der Waals surface area contributed by atoms with E-state index in [1.807, 2.05) is 0 Å². The minimum atomic E-state index is -0.486. The predicted octanol–water partition coefficient (Wildman–Crippen LogP) is 1.59. The highest BCUT2D eigenvalue weighted by Gasteiger charge is 2.21. The highest BCUT2D eigenvalue weighted by molar-refractivity contribution is 5.57. The van der Waals surface area contributed by atoms with E-state index in [4.69, 9.17) is 9.47 Å². The summed E-state index contributed by atoms with van der Waals surface area (Å²) in [7, 11) is 1.79. The standard InChI is InChI=1S/C11H16N2O4/c1-3-16-9-5-4-6-10(11(9)13(14)15)17-8-7-12-2/h4-6,12H,3,7-8H2,1-2H3. The highest BCUT2D eigenvalue weighted by Crippen LogP contribution is 2.36. The van der Waals surface area contributed by atoms with Crippen LogP contribution in [0.5, 0.6) is 11.5 Å².